The summed E-state index contributed by atoms with van der Waals surface area (Å²) in [4.78, 5) is 5.50. The van der Waals surface area contributed by atoms with Crippen molar-refractivity contribution < 1.29 is 0 Å². The SMILES string of the molecule is CC(CCC(C)n1cccn1)c1cncs1. The van der Waals surface area contributed by atoms with Gasteiger partial charge in [-0.2, -0.15) is 5.10 Å². The molecule has 86 valence electrons. The van der Waals surface area contributed by atoms with E-state index in [4.69, 9.17) is 0 Å². The van der Waals surface area contributed by atoms with Gasteiger partial charge in [-0.15, -0.1) is 11.3 Å². The fraction of sp³-hybridized carbons (Fsp3) is 0.500. The molecule has 0 saturated carbocycles. The lowest BCUT2D eigenvalue weighted by molar-refractivity contribution is 0.431. The lowest BCUT2D eigenvalue weighted by atomic mass is 10.0. The molecule has 0 spiro atoms. The summed E-state index contributed by atoms with van der Waals surface area (Å²) in [6.07, 6.45) is 8.18. The van der Waals surface area contributed by atoms with Crippen LogP contribution in [-0.2, 0) is 0 Å². The van der Waals surface area contributed by atoms with Crippen molar-refractivity contribution in [3.63, 3.8) is 0 Å². The van der Waals surface area contributed by atoms with Crippen LogP contribution < -0.4 is 0 Å². The lowest BCUT2D eigenvalue weighted by Gasteiger charge is -2.14. The van der Waals surface area contributed by atoms with E-state index in [2.05, 4.69) is 23.9 Å². The molecule has 0 N–H and O–H groups in total. The largest absolute Gasteiger partial charge is 0.270 e. The standard InChI is InChI=1S/C12H17N3S/c1-10(12-8-13-9-16-12)4-5-11(2)15-7-3-6-14-15/h3,6-11H,4-5H2,1-2H3. The van der Waals surface area contributed by atoms with E-state index in [1.54, 1.807) is 11.3 Å². The third-order valence-electron chi connectivity index (χ3n) is 2.93. The minimum absolute atomic E-state index is 0.477. The Morgan fingerprint density at radius 3 is 2.88 bits per heavy atom. The molecular formula is C12H17N3S. The molecule has 2 unspecified atom stereocenters. The number of hydrogen-bond donors (Lipinski definition) is 0. The summed E-state index contributed by atoms with van der Waals surface area (Å²) >= 11 is 1.75. The topological polar surface area (TPSA) is 30.7 Å². The van der Waals surface area contributed by atoms with Crippen molar-refractivity contribution in [3.8, 4) is 0 Å². The highest BCUT2D eigenvalue weighted by Gasteiger charge is 2.10. The first-order valence-electron chi connectivity index (χ1n) is 5.65. The van der Waals surface area contributed by atoms with Gasteiger partial charge in [-0.05, 0) is 31.7 Å². The van der Waals surface area contributed by atoms with E-state index in [0.717, 1.165) is 6.42 Å². The summed E-state index contributed by atoms with van der Waals surface area (Å²) in [7, 11) is 0. The molecule has 2 atom stereocenters. The second-order valence-corrected chi connectivity index (χ2v) is 5.14. The van der Waals surface area contributed by atoms with Crippen LogP contribution in [0.3, 0.4) is 0 Å². The molecule has 0 bridgehead atoms. The predicted octanol–water partition coefficient (Wildman–Crippen LogP) is 3.48. The molecule has 16 heavy (non-hydrogen) atoms. The van der Waals surface area contributed by atoms with Crippen molar-refractivity contribution in [1.29, 1.82) is 0 Å². The molecule has 2 aromatic heterocycles. The first-order valence-corrected chi connectivity index (χ1v) is 6.53. The van der Waals surface area contributed by atoms with Crippen molar-refractivity contribution in [2.75, 3.05) is 0 Å². The molecule has 2 heterocycles. The van der Waals surface area contributed by atoms with Gasteiger partial charge in [-0.25, -0.2) is 0 Å². The quantitative estimate of drug-likeness (QED) is 0.794. The number of hydrogen-bond acceptors (Lipinski definition) is 3. The average molecular weight is 235 g/mol. The third-order valence-corrected chi connectivity index (χ3v) is 3.94. The van der Waals surface area contributed by atoms with Crippen LogP contribution >= 0.6 is 11.3 Å². The van der Waals surface area contributed by atoms with Crippen molar-refractivity contribution in [1.82, 2.24) is 14.8 Å². The Kier molecular flexibility index (Phi) is 3.72. The van der Waals surface area contributed by atoms with Crippen LogP contribution in [-0.4, -0.2) is 14.8 Å². The van der Waals surface area contributed by atoms with Crippen LogP contribution in [0.4, 0.5) is 0 Å². The normalized spacial score (nSPS) is 14.9. The van der Waals surface area contributed by atoms with Gasteiger partial charge in [0.05, 0.1) is 5.51 Å². The third kappa shape index (κ3) is 2.70. The number of rotatable bonds is 5. The van der Waals surface area contributed by atoms with Gasteiger partial charge >= 0.3 is 0 Å². The molecule has 0 amide bonds. The minimum atomic E-state index is 0.477. The zero-order valence-electron chi connectivity index (χ0n) is 9.71. The smallest absolute Gasteiger partial charge is 0.0794 e. The predicted molar refractivity (Wildman–Crippen MR) is 66.7 cm³/mol. The first-order chi connectivity index (χ1) is 7.77. The molecule has 0 aliphatic rings. The van der Waals surface area contributed by atoms with Gasteiger partial charge in [0.25, 0.3) is 0 Å². The average Bonchev–Trinajstić information content (AvgIpc) is 2.95. The number of aromatic nitrogens is 3. The molecule has 2 rings (SSSR count). The van der Waals surface area contributed by atoms with E-state index in [9.17, 15) is 0 Å². The maximum absolute atomic E-state index is 4.26. The maximum atomic E-state index is 4.26. The summed E-state index contributed by atoms with van der Waals surface area (Å²) < 4.78 is 2.03. The lowest BCUT2D eigenvalue weighted by Crippen LogP contribution is -2.06. The van der Waals surface area contributed by atoms with Crippen LogP contribution in [0.15, 0.2) is 30.2 Å². The van der Waals surface area contributed by atoms with Gasteiger partial charge in [0.1, 0.15) is 0 Å². The van der Waals surface area contributed by atoms with Crippen LogP contribution in [0.25, 0.3) is 0 Å². The molecule has 0 aromatic carbocycles. The highest BCUT2D eigenvalue weighted by molar-refractivity contribution is 7.09. The molecular weight excluding hydrogens is 218 g/mol. The Labute approximate surface area is 100 Å². The molecule has 0 aliphatic carbocycles. The van der Waals surface area contributed by atoms with Crippen molar-refractivity contribution in [3.05, 3.63) is 35.0 Å². The number of thiazole rings is 1. The van der Waals surface area contributed by atoms with E-state index < -0.39 is 0 Å². The van der Waals surface area contributed by atoms with E-state index in [-0.39, 0.29) is 0 Å². The van der Waals surface area contributed by atoms with Crippen LogP contribution in [0.2, 0.25) is 0 Å². The molecule has 0 radical (unpaired) electrons. The summed E-state index contributed by atoms with van der Waals surface area (Å²) in [6, 6.07) is 2.45. The Balaban J connectivity index is 1.84. The van der Waals surface area contributed by atoms with Crippen LogP contribution in [0.5, 0.6) is 0 Å². The molecule has 2 aromatic rings. The Morgan fingerprint density at radius 1 is 1.38 bits per heavy atom. The van der Waals surface area contributed by atoms with Gasteiger partial charge in [0.15, 0.2) is 0 Å². The Morgan fingerprint density at radius 2 is 2.25 bits per heavy atom. The molecule has 0 fully saturated rings. The van der Waals surface area contributed by atoms with Gasteiger partial charge in [-0.1, -0.05) is 6.92 Å². The fourth-order valence-corrected chi connectivity index (χ4v) is 2.49. The Bertz CT molecular complexity index is 354. The zero-order valence-corrected chi connectivity index (χ0v) is 10.5. The highest BCUT2D eigenvalue weighted by Crippen LogP contribution is 2.26. The zero-order chi connectivity index (χ0) is 11.4. The second kappa shape index (κ2) is 5.25. The van der Waals surface area contributed by atoms with Crippen LogP contribution in [0.1, 0.15) is 43.5 Å². The molecule has 0 aliphatic heterocycles. The van der Waals surface area contributed by atoms with E-state index in [1.165, 1.54) is 11.3 Å². The number of nitrogens with zero attached hydrogens (tertiary/aromatic N) is 3. The van der Waals surface area contributed by atoms with E-state index in [0.29, 0.717) is 12.0 Å². The van der Waals surface area contributed by atoms with Gasteiger partial charge in [0.2, 0.25) is 0 Å². The highest BCUT2D eigenvalue weighted by atomic mass is 32.1. The van der Waals surface area contributed by atoms with E-state index in [1.807, 2.05) is 34.8 Å². The van der Waals surface area contributed by atoms with Crippen LogP contribution in [0, 0.1) is 0 Å². The molecule has 0 saturated heterocycles. The second-order valence-electron chi connectivity index (χ2n) is 4.22. The summed E-state index contributed by atoms with van der Waals surface area (Å²) in [6.45, 7) is 4.48. The van der Waals surface area contributed by atoms with Crippen molar-refractivity contribution >= 4 is 11.3 Å². The van der Waals surface area contributed by atoms with E-state index >= 15 is 0 Å². The maximum Gasteiger partial charge on any atom is 0.0794 e. The van der Waals surface area contributed by atoms with Gasteiger partial charge in [-0.3, -0.25) is 9.67 Å². The Hall–Kier alpha value is -1.16. The van der Waals surface area contributed by atoms with Crippen molar-refractivity contribution in [2.45, 2.75) is 38.6 Å². The summed E-state index contributed by atoms with van der Waals surface area (Å²) in [5.74, 6) is 0.602. The molecule has 3 nitrogen and oxygen atoms in total. The summed E-state index contributed by atoms with van der Waals surface area (Å²) in [5.41, 5.74) is 1.91. The first kappa shape index (κ1) is 11.3. The van der Waals surface area contributed by atoms with Gasteiger partial charge < -0.3 is 0 Å². The monoisotopic (exact) mass is 235 g/mol. The molecule has 4 heteroatoms. The fourth-order valence-electron chi connectivity index (χ4n) is 1.78. The van der Waals surface area contributed by atoms with Gasteiger partial charge in [0, 0.05) is 29.5 Å². The minimum Gasteiger partial charge on any atom is -0.270 e. The van der Waals surface area contributed by atoms with Crippen molar-refractivity contribution in [2.24, 2.45) is 0 Å². The summed E-state index contributed by atoms with van der Waals surface area (Å²) in [5, 5.41) is 4.26.